The van der Waals surface area contributed by atoms with Gasteiger partial charge in [0.2, 0.25) is 11.8 Å². The summed E-state index contributed by atoms with van der Waals surface area (Å²) in [5.74, 6) is -2.77. The number of nitrogens with two attached hydrogens (primary N) is 1. The van der Waals surface area contributed by atoms with Crippen LogP contribution in [0.5, 0.6) is 0 Å². The molecule has 1 aromatic carbocycles. The van der Waals surface area contributed by atoms with Crippen molar-refractivity contribution in [3.8, 4) is 0 Å². The minimum atomic E-state index is -1.26. The number of carbonyl (C=O) groups excluding carboxylic acids is 3. The van der Waals surface area contributed by atoms with Crippen molar-refractivity contribution in [2.75, 3.05) is 0 Å². The van der Waals surface area contributed by atoms with Crippen molar-refractivity contribution < 1.29 is 58.9 Å². The maximum atomic E-state index is 12.2. The van der Waals surface area contributed by atoms with E-state index in [1.54, 1.807) is 27.7 Å². The molecule has 170 valence electrons. The number of rotatable bonds is 6. The molecule has 0 unspecified atom stereocenters. The summed E-state index contributed by atoms with van der Waals surface area (Å²) in [5.41, 5.74) is 6.02. The standard InChI is InChI=1S/C16H18N2O4S.C5H11NO2.Na/c1-16(2)12(15(21)22)18-13(20)11(14(18)23-16)17-10(19)8-9-6-4-3-5-7-9;1-3(2)4(6)5(7)8;/h3-7,11-12,14H,8H2,1-2H3,(H,17,19)(H,21,22);3-4H,6H2,1-2H3,(H,7,8);/q;;+1/p-1/t11-,12+,14-;4-;/m10./s1. The average molecular weight is 474 g/mol. The van der Waals surface area contributed by atoms with Crippen LogP contribution in [-0.4, -0.2) is 62.0 Å². The first kappa shape index (κ1) is 28.4. The van der Waals surface area contributed by atoms with E-state index in [1.165, 1.54) is 16.7 Å². The van der Waals surface area contributed by atoms with E-state index in [1.807, 2.05) is 30.3 Å². The predicted octanol–water partition coefficient (Wildman–Crippen LogP) is -3.42. The molecule has 0 saturated carbocycles. The quantitative estimate of drug-likeness (QED) is 0.285. The molecule has 0 aliphatic carbocycles. The van der Waals surface area contributed by atoms with Crippen molar-refractivity contribution in [3.63, 3.8) is 0 Å². The van der Waals surface area contributed by atoms with Gasteiger partial charge in [0.1, 0.15) is 17.5 Å². The fraction of sp³-hybridized carbons (Fsp3) is 0.524. The molecule has 2 saturated heterocycles. The van der Waals surface area contributed by atoms with Crippen molar-refractivity contribution in [3.05, 3.63) is 35.9 Å². The summed E-state index contributed by atoms with van der Waals surface area (Å²) in [5, 5.41) is 21.9. The summed E-state index contributed by atoms with van der Waals surface area (Å²) in [7, 11) is 0. The van der Waals surface area contributed by atoms with Gasteiger partial charge in [0.15, 0.2) is 0 Å². The molecule has 3 rings (SSSR count). The van der Waals surface area contributed by atoms with E-state index in [2.05, 4.69) is 5.32 Å². The van der Waals surface area contributed by atoms with Crippen LogP contribution in [0, 0.1) is 5.92 Å². The van der Waals surface area contributed by atoms with E-state index in [-0.39, 0.29) is 59.1 Å². The molecule has 0 aromatic heterocycles. The first-order valence-electron chi connectivity index (χ1n) is 9.89. The van der Waals surface area contributed by atoms with Gasteiger partial charge in [0.25, 0.3) is 0 Å². The third-order valence-corrected chi connectivity index (χ3v) is 6.76. The Labute approximate surface area is 213 Å². The summed E-state index contributed by atoms with van der Waals surface area (Å²) >= 11 is 1.38. The van der Waals surface area contributed by atoms with Crippen molar-refractivity contribution in [1.82, 2.24) is 10.2 Å². The van der Waals surface area contributed by atoms with Gasteiger partial charge < -0.3 is 31.0 Å². The van der Waals surface area contributed by atoms with Gasteiger partial charge in [0.05, 0.1) is 18.4 Å². The van der Waals surface area contributed by atoms with Crippen LogP contribution < -0.4 is 45.7 Å². The van der Waals surface area contributed by atoms with E-state index in [9.17, 15) is 24.3 Å². The molecule has 2 heterocycles. The fourth-order valence-corrected chi connectivity index (χ4v) is 5.04. The maximum Gasteiger partial charge on any atom is 1.00 e. The van der Waals surface area contributed by atoms with Gasteiger partial charge >= 0.3 is 35.5 Å². The van der Waals surface area contributed by atoms with Crippen molar-refractivity contribution in [2.24, 2.45) is 11.7 Å². The molecular formula is C21H28N3NaO6S. The van der Waals surface area contributed by atoms with E-state index in [0.29, 0.717) is 0 Å². The van der Waals surface area contributed by atoms with Crippen LogP contribution in [0.25, 0.3) is 0 Å². The molecule has 2 fully saturated rings. The number of amides is 2. The Bertz CT molecular complexity index is 851. The van der Waals surface area contributed by atoms with Crippen LogP contribution in [0.4, 0.5) is 0 Å². The number of thioether (sulfide) groups is 1. The molecule has 0 radical (unpaired) electrons. The molecule has 2 aliphatic heterocycles. The minimum absolute atomic E-state index is 0. The summed E-state index contributed by atoms with van der Waals surface area (Å²) < 4.78 is -0.641. The third kappa shape index (κ3) is 6.48. The number of carboxylic acid groups (broad SMARTS) is 2. The van der Waals surface area contributed by atoms with Gasteiger partial charge in [-0.05, 0) is 25.3 Å². The number of nitrogens with one attached hydrogen (secondary N) is 1. The van der Waals surface area contributed by atoms with Gasteiger partial charge in [-0.3, -0.25) is 14.4 Å². The zero-order valence-corrected chi connectivity index (χ0v) is 21.7. The monoisotopic (exact) mass is 473 g/mol. The smallest absolute Gasteiger partial charge is 0.548 e. The first-order valence-corrected chi connectivity index (χ1v) is 10.8. The number of hydrogen-bond donors (Lipinski definition) is 3. The number of fused-ring (bicyclic) bond motifs is 1. The summed E-state index contributed by atoms with van der Waals surface area (Å²) in [4.78, 5) is 47.0. The molecular weight excluding hydrogens is 445 g/mol. The van der Waals surface area contributed by atoms with Crippen LogP contribution in [-0.2, 0) is 25.6 Å². The van der Waals surface area contributed by atoms with Crippen molar-refractivity contribution in [1.29, 1.82) is 0 Å². The number of hydrogen-bond acceptors (Lipinski definition) is 7. The third-order valence-electron chi connectivity index (χ3n) is 5.19. The zero-order valence-electron chi connectivity index (χ0n) is 18.9. The van der Waals surface area contributed by atoms with Crippen LogP contribution in [0.15, 0.2) is 30.3 Å². The molecule has 1 aromatic rings. The molecule has 4 N–H and O–H groups in total. The Kier molecular flexibility index (Phi) is 10.2. The van der Waals surface area contributed by atoms with Gasteiger partial charge in [-0.2, -0.15) is 0 Å². The van der Waals surface area contributed by atoms with E-state index < -0.39 is 34.8 Å². The number of carbonyl (C=O) groups is 4. The molecule has 4 atom stereocenters. The molecule has 2 amide bonds. The van der Waals surface area contributed by atoms with Crippen LogP contribution in [0.3, 0.4) is 0 Å². The van der Waals surface area contributed by atoms with Gasteiger partial charge in [-0.15, -0.1) is 11.8 Å². The number of β-lactam (4-membered cyclic amide) rings is 1. The number of carboxylic acids is 2. The maximum absolute atomic E-state index is 12.2. The molecule has 0 spiro atoms. The molecule has 11 heteroatoms. The Morgan fingerprint density at radius 3 is 2.25 bits per heavy atom. The topological polar surface area (TPSA) is 153 Å². The van der Waals surface area contributed by atoms with E-state index in [4.69, 9.17) is 10.8 Å². The molecule has 2 aliphatic rings. The molecule has 9 nitrogen and oxygen atoms in total. The van der Waals surface area contributed by atoms with Gasteiger partial charge in [-0.25, -0.2) is 0 Å². The van der Waals surface area contributed by atoms with E-state index in [0.717, 1.165) is 5.56 Å². The summed E-state index contributed by atoms with van der Waals surface area (Å²) in [6, 6.07) is 6.90. The Morgan fingerprint density at radius 1 is 1.25 bits per heavy atom. The predicted molar refractivity (Wildman–Crippen MR) is 114 cm³/mol. The Hall–Kier alpha value is -1.59. The van der Waals surface area contributed by atoms with Crippen LogP contribution >= 0.6 is 11.8 Å². The average Bonchev–Trinajstić information content (AvgIpc) is 2.94. The second-order valence-corrected chi connectivity index (χ2v) is 10.2. The van der Waals surface area contributed by atoms with Crippen molar-refractivity contribution in [2.45, 2.75) is 62.4 Å². The van der Waals surface area contributed by atoms with E-state index >= 15 is 0 Å². The molecule has 32 heavy (non-hydrogen) atoms. The second-order valence-electron chi connectivity index (χ2n) is 8.39. The summed E-state index contributed by atoms with van der Waals surface area (Å²) in [6.07, 6.45) is 0.190. The number of nitrogens with zero attached hydrogens (tertiary/aromatic N) is 1. The second kappa shape index (κ2) is 11.5. The number of benzene rings is 1. The first-order chi connectivity index (χ1) is 14.4. The largest absolute Gasteiger partial charge is 1.00 e. The zero-order chi connectivity index (χ0) is 23.5. The number of aliphatic carboxylic acids is 2. The van der Waals surface area contributed by atoms with Crippen LogP contribution in [0.2, 0.25) is 0 Å². The normalized spacial score (nSPS) is 23.6. The summed E-state index contributed by atoms with van der Waals surface area (Å²) in [6.45, 7) is 7.09. The SMILES string of the molecule is CC(C)[C@H](N)C(=O)O.CC1(C)S[C@@H]2[C@H](NC(=O)Cc3ccccc3)C(=O)N2[C@H]1C(=O)[O-].[Na+]. The Balaban J connectivity index is 0.000000491. The van der Waals surface area contributed by atoms with Crippen molar-refractivity contribution >= 4 is 35.5 Å². The van der Waals surface area contributed by atoms with Gasteiger partial charge in [0, 0.05) is 4.75 Å². The van der Waals surface area contributed by atoms with Gasteiger partial charge in [-0.1, -0.05) is 44.2 Å². The Morgan fingerprint density at radius 2 is 1.81 bits per heavy atom. The molecule has 0 bridgehead atoms. The fourth-order valence-electron chi connectivity index (χ4n) is 3.42. The van der Waals surface area contributed by atoms with Crippen LogP contribution in [0.1, 0.15) is 33.3 Å². The minimum Gasteiger partial charge on any atom is -0.548 e.